The van der Waals surface area contributed by atoms with Crippen molar-refractivity contribution in [3.8, 4) is 11.4 Å². The number of hydrogen-bond donors (Lipinski definition) is 0. The predicted molar refractivity (Wildman–Crippen MR) is 243 cm³/mol. The van der Waals surface area contributed by atoms with Crippen LogP contribution in [0.25, 0.3) is 16.7 Å². The summed E-state index contributed by atoms with van der Waals surface area (Å²) in [7, 11) is -0.142. The number of halogens is 1. The molecule has 60 heavy (non-hydrogen) atoms. The maximum atomic E-state index is 15.2. The maximum Gasteiger partial charge on any atom is 0.264 e. The third-order valence-electron chi connectivity index (χ3n) is 12.9. The molecule has 2 aliphatic rings. The predicted octanol–water partition coefficient (Wildman–Crippen LogP) is 9.90. The number of anilines is 2. The van der Waals surface area contributed by atoms with Gasteiger partial charge < -0.3 is 23.2 Å². The van der Waals surface area contributed by atoms with Crippen LogP contribution in [-0.2, 0) is 24.8 Å². The van der Waals surface area contributed by atoms with Crippen LogP contribution in [-0.4, -0.2) is 82.9 Å². The Morgan fingerprint density at radius 2 is 1.65 bits per heavy atom. The van der Waals surface area contributed by atoms with Gasteiger partial charge in [-0.1, -0.05) is 56.6 Å². The molecule has 2 amide bonds. The van der Waals surface area contributed by atoms with Crippen LogP contribution in [0.5, 0.6) is 5.75 Å². The molecule has 312 valence electrons. The van der Waals surface area contributed by atoms with Crippen molar-refractivity contribution in [2.45, 2.75) is 71.8 Å². The number of morpholine rings is 1. The SMILES string of the molecule is Cc1c(C(=O)N(c2ccc(O[Si](C)(C)C(C)(C)C)cc2)c2cnc3c(ccn3C)c2)cn(-c2cc(Cl)ccc2C(=O)N2Cc3ccccc3C[C@H]2CN2CCOCC2)c1C. The molecule has 0 aliphatic carbocycles. The molecular formula is C48H55ClN6O4Si. The quantitative estimate of drug-likeness (QED) is 0.135. The third-order valence-corrected chi connectivity index (χ3v) is 17.5. The standard InChI is InChI=1S/C48H55ClN6O4Si/c1-32-33(2)53(44-27-37(49)13-18-42(44)46(56)54-29-36-12-10-9-11-34(36)25-40(54)30-52-21-23-58-24-22-52)31-43(32)47(57)55(39-26-35-19-20-51(6)45(35)50-28-39)38-14-16-41(17-15-38)59-60(7,8)48(3,4)5/h9-20,26-28,31,40H,21-25,29-30H2,1-8H3/t40-/m0/s1. The molecule has 3 aromatic heterocycles. The number of ether oxygens (including phenoxy) is 1. The molecule has 12 heteroatoms. The number of hydrogen-bond acceptors (Lipinski definition) is 6. The fourth-order valence-corrected chi connectivity index (χ4v) is 9.35. The zero-order chi connectivity index (χ0) is 42.5. The number of aromatic nitrogens is 3. The Labute approximate surface area is 359 Å². The van der Waals surface area contributed by atoms with Crippen molar-refractivity contribution in [3.63, 3.8) is 0 Å². The van der Waals surface area contributed by atoms with Crippen molar-refractivity contribution in [2.75, 3.05) is 37.7 Å². The van der Waals surface area contributed by atoms with E-state index in [4.69, 9.17) is 25.7 Å². The highest BCUT2D eigenvalue weighted by Crippen LogP contribution is 2.39. The van der Waals surface area contributed by atoms with E-state index in [2.05, 4.69) is 57.0 Å². The first-order chi connectivity index (χ1) is 28.6. The van der Waals surface area contributed by atoms with Gasteiger partial charge in [0.05, 0.1) is 41.9 Å². The summed E-state index contributed by atoms with van der Waals surface area (Å²) >= 11 is 6.73. The summed E-state index contributed by atoms with van der Waals surface area (Å²) in [5, 5.41) is 1.45. The summed E-state index contributed by atoms with van der Waals surface area (Å²) in [5.74, 6) is 0.477. The summed E-state index contributed by atoms with van der Waals surface area (Å²) < 4.78 is 16.2. The largest absolute Gasteiger partial charge is 0.544 e. The number of fused-ring (bicyclic) bond motifs is 2. The zero-order valence-electron chi connectivity index (χ0n) is 36.0. The van der Waals surface area contributed by atoms with Gasteiger partial charge in [-0.05, 0) is 110 Å². The molecule has 6 aromatic rings. The van der Waals surface area contributed by atoms with Gasteiger partial charge in [0.25, 0.3) is 11.8 Å². The highest BCUT2D eigenvalue weighted by atomic mass is 35.5. The Kier molecular flexibility index (Phi) is 11.3. The number of aryl methyl sites for hydroxylation is 1. The van der Waals surface area contributed by atoms with E-state index in [0.29, 0.717) is 53.0 Å². The van der Waals surface area contributed by atoms with Gasteiger partial charge in [0.1, 0.15) is 11.4 Å². The molecule has 10 nitrogen and oxygen atoms in total. The first kappa shape index (κ1) is 41.5. The zero-order valence-corrected chi connectivity index (χ0v) is 37.7. The van der Waals surface area contributed by atoms with E-state index >= 15 is 4.79 Å². The van der Waals surface area contributed by atoms with E-state index in [1.807, 2.05) is 102 Å². The van der Waals surface area contributed by atoms with Gasteiger partial charge in [-0.25, -0.2) is 4.98 Å². The maximum absolute atomic E-state index is 15.2. The number of nitrogens with zero attached hydrogens (tertiary/aromatic N) is 6. The minimum absolute atomic E-state index is 0.0264. The number of carbonyl (C=O) groups excluding carboxylic acids is 2. The number of amides is 2. The van der Waals surface area contributed by atoms with Crippen LogP contribution < -0.4 is 9.33 Å². The molecule has 1 fully saturated rings. The lowest BCUT2D eigenvalue weighted by Gasteiger charge is -2.40. The van der Waals surface area contributed by atoms with Crippen LogP contribution in [0, 0.1) is 13.8 Å². The molecule has 0 N–H and O–H groups in total. The van der Waals surface area contributed by atoms with E-state index < -0.39 is 8.32 Å². The summed E-state index contributed by atoms with van der Waals surface area (Å²) in [4.78, 5) is 41.1. The lowest BCUT2D eigenvalue weighted by Crippen LogP contribution is -2.52. The van der Waals surface area contributed by atoms with Gasteiger partial charge >= 0.3 is 0 Å². The highest BCUT2D eigenvalue weighted by molar-refractivity contribution is 6.74. The molecule has 8 rings (SSSR count). The number of pyridine rings is 1. The van der Waals surface area contributed by atoms with Gasteiger partial charge in [-0.2, -0.15) is 0 Å². The van der Waals surface area contributed by atoms with Crippen molar-refractivity contribution < 1.29 is 18.8 Å². The Morgan fingerprint density at radius 1 is 0.933 bits per heavy atom. The van der Waals surface area contributed by atoms with Gasteiger partial charge in [0, 0.05) is 73.5 Å². The smallest absolute Gasteiger partial charge is 0.264 e. The van der Waals surface area contributed by atoms with Gasteiger partial charge in [0.2, 0.25) is 8.32 Å². The first-order valence-electron chi connectivity index (χ1n) is 20.8. The molecule has 5 heterocycles. The Hall–Kier alpha value is -5.20. The summed E-state index contributed by atoms with van der Waals surface area (Å²) in [6, 6.07) is 25.6. The fourth-order valence-electron chi connectivity index (χ4n) is 8.15. The van der Waals surface area contributed by atoms with Crippen LogP contribution in [0.1, 0.15) is 63.9 Å². The molecule has 1 atom stereocenters. The lowest BCUT2D eigenvalue weighted by molar-refractivity contribution is 0.0193. The highest BCUT2D eigenvalue weighted by Gasteiger charge is 2.39. The van der Waals surface area contributed by atoms with Gasteiger partial charge in [-0.3, -0.25) is 19.4 Å². The summed E-state index contributed by atoms with van der Waals surface area (Å²) in [5.41, 5.74) is 7.85. The lowest BCUT2D eigenvalue weighted by atomic mass is 9.92. The summed E-state index contributed by atoms with van der Waals surface area (Å²) in [6.45, 7) is 19.4. The van der Waals surface area contributed by atoms with E-state index in [-0.39, 0.29) is 22.9 Å². The molecule has 1 saturated heterocycles. The van der Waals surface area contributed by atoms with E-state index in [0.717, 1.165) is 59.7 Å². The second-order valence-corrected chi connectivity index (χ2v) is 22.9. The minimum atomic E-state index is -2.10. The molecule has 0 unspecified atom stereocenters. The molecule has 0 radical (unpaired) electrons. The van der Waals surface area contributed by atoms with E-state index in [1.165, 1.54) is 5.56 Å². The van der Waals surface area contributed by atoms with Crippen molar-refractivity contribution in [1.82, 2.24) is 23.9 Å². The molecule has 0 bridgehead atoms. The van der Waals surface area contributed by atoms with Crippen LogP contribution in [0.4, 0.5) is 11.4 Å². The minimum Gasteiger partial charge on any atom is -0.544 e. The Morgan fingerprint density at radius 3 is 2.37 bits per heavy atom. The Bertz CT molecular complexity index is 2570. The van der Waals surface area contributed by atoms with Gasteiger partial charge in [-0.15, -0.1) is 0 Å². The van der Waals surface area contributed by atoms with Crippen LogP contribution >= 0.6 is 11.6 Å². The molecule has 2 aliphatic heterocycles. The van der Waals surface area contributed by atoms with Crippen molar-refractivity contribution in [3.05, 3.63) is 136 Å². The molecule has 0 saturated carbocycles. The second-order valence-electron chi connectivity index (χ2n) is 17.8. The van der Waals surface area contributed by atoms with Crippen LogP contribution in [0.3, 0.4) is 0 Å². The van der Waals surface area contributed by atoms with Crippen molar-refractivity contribution in [1.29, 1.82) is 0 Å². The van der Waals surface area contributed by atoms with Crippen LogP contribution in [0.15, 0.2) is 97.5 Å². The van der Waals surface area contributed by atoms with Gasteiger partial charge in [0.15, 0.2) is 0 Å². The number of benzene rings is 3. The molecular weight excluding hydrogens is 788 g/mol. The number of carbonyl (C=O) groups is 2. The number of rotatable bonds is 9. The fraction of sp³-hybridized carbons (Fsp3) is 0.354. The molecule has 3 aromatic carbocycles. The average Bonchev–Trinajstić information content (AvgIpc) is 3.74. The first-order valence-corrected chi connectivity index (χ1v) is 24.1. The average molecular weight is 844 g/mol. The normalized spacial score (nSPS) is 16.2. The monoisotopic (exact) mass is 842 g/mol. The Balaban J connectivity index is 1.17. The van der Waals surface area contributed by atoms with Crippen LogP contribution in [0.2, 0.25) is 23.2 Å². The van der Waals surface area contributed by atoms with E-state index in [1.54, 1.807) is 17.2 Å². The second kappa shape index (κ2) is 16.3. The van der Waals surface area contributed by atoms with Crippen molar-refractivity contribution >= 4 is 54.1 Å². The third kappa shape index (κ3) is 8.03. The van der Waals surface area contributed by atoms with E-state index in [9.17, 15) is 4.79 Å². The summed E-state index contributed by atoms with van der Waals surface area (Å²) in [6.07, 6.45) is 6.33. The topological polar surface area (TPSA) is 85.1 Å². The van der Waals surface area contributed by atoms with Crippen molar-refractivity contribution in [2.24, 2.45) is 7.05 Å². The molecule has 0 spiro atoms.